The van der Waals surface area contributed by atoms with Gasteiger partial charge in [0.15, 0.2) is 12.4 Å². The van der Waals surface area contributed by atoms with E-state index in [2.05, 4.69) is 5.32 Å². The van der Waals surface area contributed by atoms with Crippen molar-refractivity contribution in [2.75, 3.05) is 18.5 Å². The average Bonchev–Trinajstić information content (AvgIpc) is 2.72. The fourth-order valence-corrected chi connectivity index (χ4v) is 2.86. The Morgan fingerprint density at radius 2 is 1.72 bits per heavy atom. The maximum absolute atomic E-state index is 12.3. The van der Waals surface area contributed by atoms with Crippen LogP contribution >= 0.6 is 0 Å². The third-order valence-corrected chi connectivity index (χ3v) is 4.29. The zero-order valence-electron chi connectivity index (χ0n) is 16.7. The monoisotopic (exact) mass is 400 g/mol. The van der Waals surface area contributed by atoms with Crippen LogP contribution in [0.4, 0.5) is 11.4 Å². The minimum absolute atomic E-state index is 0.0313. The molecule has 0 aliphatic heterocycles. The number of ether oxygens (including phenoxy) is 2. The summed E-state index contributed by atoms with van der Waals surface area (Å²) < 4.78 is 10.2. The van der Waals surface area contributed by atoms with Gasteiger partial charge in [-0.3, -0.25) is 14.9 Å². The van der Waals surface area contributed by atoms with E-state index >= 15 is 0 Å². The maximum Gasteiger partial charge on any atom is 0.338 e. The number of anilines is 1. The summed E-state index contributed by atoms with van der Waals surface area (Å²) in [5.74, 6) is -1.24. The highest BCUT2D eigenvalue weighted by molar-refractivity contribution is 5.96. The lowest BCUT2D eigenvalue weighted by molar-refractivity contribution is -0.385. The number of carbonyl (C=O) groups excluding carboxylic acids is 2. The van der Waals surface area contributed by atoms with Crippen molar-refractivity contribution in [3.8, 4) is 5.75 Å². The van der Waals surface area contributed by atoms with Crippen molar-refractivity contribution < 1.29 is 24.0 Å². The normalized spacial score (nSPS) is 10.3. The zero-order valence-corrected chi connectivity index (χ0v) is 16.7. The van der Waals surface area contributed by atoms with Crippen LogP contribution in [-0.4, -0.2) is 30.0 Å². The number of rotatable bonds is 9. The number of hydrogen-bond donors (Lipinski definition) is 1. The first-order valence-electron chi connectivity index (χ1n) is 9.40. The smallest absolute Gasteiger partial charge is 0.338 e. The third kappa shape index (κ3) is 5.54. The van der Waals surface area contributed by atoms with E-state index in [0.29, 0.717) is 0 Å². The summed E-state index contributed by atoms with van der Waals surface area (Å²) in [6, 6.07) is 9.57. The molecule has 0 aliphatic rings. The lowest BCUT2D eigenvalue weighted by Crippen LogP contribution is -2.22. The SMILES string of the molecule is CCOc1ccc(C(=O)OCC(=O)Nc2c(CC)cccc2CC)cc1[N+](=O)[O-]. The lowest BCUT2D eigenvalue weighted by atomic mass is 10.0. The Hall–Kier alpha value is -3.42. The van der Waals surface area contributed by atoms with E-state index in [9.17, 15) is 19.7 Å². The lowest BCUT2D eigenvalue weighted by Gasteiger charge is -2.14. The Kier molecular flexibility index (Phi) is 7.70. The van der Waals surface area contributed by atoms with Crippen molar-refractivity contribution in [2.24, 2.45) is 0 Å². The van der Waals surface area contributed by atoms with Gasteiger partial charge in [0.2, 0.25) is 0 Å². The highest BCUT2D eigenvalue weighted by atomic mass is 16.6. The van der Waals surface area contributed by atoms with E-state index < -0.39 is 23.4 Å². The van der Waals surface area contributed by atoms with Crippen LogP contribution in [0.3, 0.4) is 0 Å². The van der Waals surface area contributed by atoms with Crippen molar-refractivity contribution >= 4 is 23.3 Å². The van der Waals surface area contributed by atoms with Crippen LogP contribution in [0, 0.1) is 10.1 Å². The number of nitrogens with one attached hydrogen (secondary N) is 1. The Labute approximate surface area is 169 Å². The molecular formula is C21H24N2O6. The van der Waals surface area contributed by atoms with Crippen LogP contribution in [0.1, 0.15) is 42.3 Å². The molecule has 0 bridgehead atoms. The van der Waals surface area contributed by atoms with E-state index in [4.69, 9.17) is 9.47 Å². The molecule has 1 amide bonds. The first kappa shape index (κ1) is 21.9. The Morgan fingerprint density at radius 3 is 2.28 bits per heavy atom. The van der Waals surface area contributed by atoms with Crippen LogP contribution in [0.25, 0.3) is 0 Å². The van der Waals surface area contributed by atoms with Gasteiger partial charge in [-0.05, 0) is 43.0 Å². The van der Waals surface area contributed by atoms with E-state index in [0.717, 1.165) is 35.7 Å². The van der Waals surface area contributed by atoms with Crippen LogP contribution in [0.5, 0.6) is 5.75 Å². The molecule has 0 atom stereocenters. The molecule has 0 spiro atoms. The number of benzene rings is 2. The molecule has 2 rings (SSSR count). The van der Waals surface area contributed by atoms with Gasteiger partial charge >= 0.3 is 11.7 Å². The summed E-state index contributed by atoms with van der Waals surface area (Å²) in [5, 5.41) is 14.0. The second-order valence-electron chi connectivity index (χ2n) is 6.16. The van der Waals surface area contributed by atoms with Crippen molar-refractivity contribution in [3.63, 3.8) is 0 Å². The number of para-hydroxylation sites is 1. The zero-order chi connectivity index (χ0) is 21.4. The Bertz CT molecular complexity index is 888. The van der Waals surface area contributed by atoms with Crippen LogP contribution in [-0.2, 0) is 22.4 Å². The Morgan fingerprint density at radius 1 is 1.07 bits per heavy atom. The largest absolute Gasteiger partial charge is 0.487 e. The second-order valence-corrected chi connectivity index (χ2v) is 6.16. The molecule has 0 saturated heterocycles. The van der Waals surface area contributed by atoms with Crippen molar-refractivity contribution in [1.29, 1.82) is 0 Å². The quantitative estimate of drug-likeness (QED) is 0.388. The number of aryl methyl sites for hydroxylation is 2. The summed E-state index contributed by atoms with van der Waals surface area (Å²) in [7, 11) is 0. The molecule has 0 saturated carbocycles. The van der Waals surface area contributed by atoms with Crippen LogP contribution < -0.4 is 10.1 Å². The van der Waals surface area contributed by atoms with E-state index in [1.165, 1.54) is 12.1 Å². The molecule has 0 fully saturated rings. The van der Waals surface area contributed by atoms with Gasteiger partial charge in [-0.25, -0.2) is 4.79 Å². The van der Waals surface area contributed by atoms with Gasteiger partial charge in [-0.2, -0.15) is 0 Å². The van der Waals surface area contributed by atoms with Crippen molar-refractivity contribution in [2.45, 2.75) is 33.6 Å². The Balaban J connectivity index is 2.07. The highest BCUT2D eigenvalue weighted by Crippen LogP contribution is 2.28. The van der Waals surface area contributed by atoms with Gasteiger partial charge in [0.25, 0.3) is 5.91 Å². The van der Waals surface area contributed by atoms with Gasteiger partial charge < -0.3 is 14.8 Å². The highest BCUT2D eigenvalue weighted by Gasteiger charge is 2.20. The van der Waals surface area contributed by atoms with Gasteiger partial charge in [-0.1, -0.05) is 32.0 Å². The van der Waals surface area contributed by atoms with E-state index in [1.54, 1.807) is 6.92 Å². The molecule has 0 aromatic heterocycles. The molecule has 29 heavy (non-hydrogen) atoms. The topological polar surface area (TPSA) is 108 Å². The average molecular weight is 400 g/mol. The first-order chi connectivity index (χ1) is 13.9. The van der Waals surface area contributed by atoms with Gasteiger partial charge in [0.05, 0.1) is 17.1 Å². The van der Waals surface area contributed by atoms with Gasteiger partial charge in [0.1, 0.15) is 0 Å². The summed E-state index contributed by atoms with van der Waals surface area (Å²) >= 11 is 0. The fourth-order valence-electron chi connectivity index (χ4n) is 2.86. The number of hydrogen-bond acceptors (Lipinski definition) is 6. The third-order valence-electron chi connectivity index (χ3n) is 4.29. The van der Waals surface area contributed by atoms with Crippen molar-refractivity contribution in [3.05, 3.63) is 63.2 Å². The summed E-state index contributed by atoms with van der Waals surface area (Å²) in [5.41, 5.74) is 2.35. The van der Waals surface area contributed by atoms with Crippen LogP contribution in [0.2, 0.25) is 0 Å². The molecule has 8 heteroatoms. The first-order valence-corrected chi connectivity index (χ1v) is 9.40. The minimum atomic E-state index is -0.828. The summed E-state index contributed by atoms with van der Waals surface area (Å²) in [6.45, 7) is 5.43. The number of nitro groups is 1. The molecule has 154 valence electrons. The fraction of sp³-hybridized carbons (Fsp3) is 0.333. The number of amides is 1. The molecule has 0 heterocycles. The van der Waals surface area contributed by atoms with Crippen LogP contribution in [0.15, 0.2) is 36.4 Å². The molecule has 2 aromatic rings. The van der Waals surface area contributed by atoms with Gasteiger partial charge in [-0.15, -0.1) is 0 Å². The summed E-state index contributed by atoms with van der Waals surface area (Å²) in [4.78, 5) is 35.0. The molecule has 0 aliphatic carbocycles. The van der Waals surface area contributed by atoms with E-state index in [-0.39, 0.29) is 23.6 Å². The molecule has 8 nitrogen and oxygen atoms in total. The minimum Gasteiger partial charge on any atom is -0.487 e. The molecule has 1 N–H and O–H groups in total. The molecule has 0 unspecified atom stereocenters. The van der Waals surface area contributed by atoms with Crippen molar-refractivity contribution in [1.82, 2.24) is 0 Å². The number of nitrogens with zero attached hydrogens (tertiary/aromatic N) is 1. The van der Waals surface area contributed by atoms with Gasteiger partial charge in [0, 0.05) is 11.8 Å². The molecular weight excluding hydrogens is 376 g/mol. The predicted molar refractivity (Wildman–Crippen MR) is 108 cm³/mol. The van der Waals surface area contributed by atoms with E-state index in [1.807, 2.05) is 32.0 Å². The molecule has 0 radical (unpaired) electrons. The summed E-state index contributed by atoms with van der Waals surface area (Å²) in [6.07, 6.45) is 1.50. The maximum atomic E-state index is 12.3. The number of nitro benzene ring substituents is 1. The number of carbonyl (C=O) groups is 2. The standard InChI is InChI=1S/C21H24N2O6/c1-4-14-8-7-9-15(5-2)20(14)22-19(24)13-29-21(25)16-10-11-18(28-6-3)17(12-16)23(26)27/h7-12H,4-6,13H2,1-3H3,(H,22,24). The molecule has 2 aromatic carbocycles. The number of esters is 1. The predicted octanol–water partition coefficient (Wildman–Crippen LogP) is 3.91. The second kappa shape index (κ2) is 10.2.